The lowest BCUT2D eigenvalue weighted by Gasteiger charge is -2.25. The molecular formula is C12H18N2OS. The van der Waals surface area contributed by atoms with E-state index >= 15 is 0 Å². The highest BCUT2D eigenvalue weighted by atomic mass is 32.1. The van der Waals surface area contributed by atoms with Crippen LogP contribution in [-0.4, -0.2) is 28.3 Å². The first kappa shape index (κ1) is 12.9. The lowest BCUT2D eigenvalue weighted by atomic mass is 10.2. The largest absolute Gasteiger partial charge is 0.330 e. The summed E-state index contributed by atoms with van der Waals surface area (Å²) in [6, 6.07) is 9.92. The van der Waals surface area contributed by atoms with Crippen LogP contribution in [0.25, 0.3) is 0 Å². The number of rotatable bonds is 4. The number of amides is 2. The van der Waals surface area contributed by atoms with Gasteiger partial charge in [-0.25, -0.2) is 4.79 Å². The highest BCUT2D eigenvalue weighted by Crippen LogP contribution is 2.08. The zero-order valence-electron chi connectivity index (χ0n) is 9.76. The molecule has 0 radical (unpaired) electrons. The van der Waals surface area contributed by atoms with Crippen LogP contribution in [0, 0.1) is 0 Å². The van der Waals surface area contributed by atoms with E-state index in [0.717, 1.165) is 5.56 Å². The summed E-state index contributed by atoms with van der Waals surface area (Å²) >= 11 is 4.13. The Morgan fingerprint density at radius 1 is 1.19 bits per heavy atom. The Labute approximate surface area is 103 Å². The van der Waals surface area contributed by atoms with Crippen molar-refractivity contribution in [2.75, 3.05) is 13.1 Å². The van der Waals surface area contributed by atoms with Gasteiger partial charge < -0.3 is 4.90 Å². The molecule has 0 aromatic heterocycles. The van der Waals surface area contributed by atoms with E-state index in [2.05, 4.69) is 12.8 Å². The van der Waals surface area contributed by atoms with Crippen LogP contribution in [0.2, 0.25) is 0 Å². The van der Waals surface area contributed by atoms with E-state index in [-0.39, 0.29) is 6.03 Å². The third kappa shape index (κ3) is 3.45. The van der Waals surface area contributed by atoms with Crippen LogP contribution in [-0.2, 0) is 6.54 Å². The summed E-state index contributed by atoms with van der Waals surface area (Å²) in [4.78, 5) is 13.7. The van der Waals surface area contributed by atoms with Crippen LogP contribution in [0.5, 0.6) is 0 Å². The minimum absolute atomic E-state index is 0.0443. The molecule has 2 amide bonds. The van der Waals surface area contributed by atoms with Crippen LogP contribution in [0.1, 0.15) is 19.4 Å². The molecule has 0 aliphatic rings. The predicted molar refractivity (Wildman–Crippen MR) is 69.3 cm³/mol. The molecule has 4 heteroatoms. The number of carbonyl (C=O) groups is 1. The smallest absolute Gasteiger partial charge is 0.320 e. The minimum atomic E-state index is -0.0443. The summed E-state index contributed by atoms with van der Waals surface area (Å²) in [5, 5.41) is 0. The van der Waals surface area contributed by atoms with E-state index in [1.807, 2.05) is 44.2 Å². The van der Waals surface area contributed by atoms with E-state index in [1.54, 1.807) is 4.90 Å². The quantitative estimate of drug-likeness (QED) is 0.801. The van der Waals surface area contributed by atoms with Crippen LogP contribution in [0.3, 0.4) is 0 Å². The van der Waals surface area contributed by atoms with Crippen molar-refractivity contribution >= 4 is 18.8 Å². The van der Waals surface area contributed by atoms with Crippen molar-refractivity contribution in [1.82, 2.24) is 9.21 Å². The fourth-order valence-electron chi connectivity index (χ4n) is 1.42. The highest BCUT2D eigenvalue weighted by Gasteiger charge is 2.15. The average Bonchev–Trinajstić information content (AvgIpc) is 2.35. The standard InChI is InChI=1S/C12H18N2OS/c1-3-13(12(15)14(16)4-2)10-11-8-6-5-7-9-11/h5-9,16H,3-4,10H2,1-2H3. The van der Waals surface area contributed by atoms with E-state index < -0.39 is 0 Å². The summed E-state index contributed by atoms with van der Waals surface area (Å²) in [7, 11) is 0. The maximum absolute atomic E-state index is 11.9. The molecule has 0 spiro atoms. The molecule has 0 N–H and O–H groups in total. The predicted octanol–water partition coefficient (Wildman–Crippen LogP) is 2.80. The fraction of sp³-hybridized carbons (Fsp3) is 0.417. The molecule has 0 aliphatic heterocycles. The van der Waals surface area contributed by atoms with Crippen LogP contribution < -0.4 is 0 Å². The van der Waals surface area contributed by atoms with Crippen molar-refractivity contribution in [3.05, 3.63) is 35.9 Å². The van der Waals surface area contributed by atoms with Gasteiger partial charge in [0.25, 0.3) is 0 Å². The molecule has 3 nitrogen and oxygen atoms in total. The second-order valence-corrected chi connectivity index (χ2v) is 3.98. The lowest BCUT2D eigenvalue weighted by Crippen LogP contribution is -2.38. The third-order valence-corrected chi connectivity index (χ3v) is 2.84. The van der Waals surface area contributed by atoms with Gasteiger partial charge in [0.05, 0.1) is 0 Å². The van der Waals surface area contributed by atoms with Gasteiger partial charge in [-0.2, -0.15) is 0 Å². The molecule has 0 unspecified atom stereocenters. The molecule has 0 atom stereocenters. The number of nitrogens with zero attached hydrogens (tertiary/aromatic N) is 2. The second kappa shape index (κ2) is 6.43. The zero-order chi connectivity index (χ0) is 12.0. The Balaban J connectivity index is 2.66. The van der Waals surface area contributed by atoms with Gasteiger partial charge in [-0.15, -0.1) is 0 Å². The Morgan fingerprint density at radius 3 is 2.31 bits per heavy atom. The van der Waals surface area contributed by atoms with E-state index in [1.165, 1.54) is 4.31 Å². The highest BCUT2D eigenvalue weighted by molar-refractivity contribution is 7.78. The Hall–Kier alpha value is -1.16. The fourth-order valence-corrected chi connectivity index (χ4v) is 1.54. The van der Waals surface area contributed by atoms with Crippen LogP contribution in [0.15, 0.2) is 30.3 Å². The molecule has 0 saturated heterocycles. The van der Waals surface area contributed by atoms with Gasteiger partial charge >= 0.3 is 6.03 Å². The Morgan fingerprint density at radius 2 is 1.81 bits per heavy atom. The first-order valence-electron chi connectivity index (χ1n) is 5.48. The van der Waals surface area contributed by atoms with Crippen molar-refractivity contribution in [3.8, 4) is 0 Å². The summed E-state index contributed by atoms with van der Waals surface area (Å²) in [5.74, 6) is 0. The molecule has 88 valence electrons. The van der Waals surface area contributed by atoms with Crippen molar-refractivity contribution in [1.29, 1.82) is 0 Å². The lowest BCUT2D eigenvalue weighted by molar-refractivity contribution is 0.182. The first-order valence-corrected chi connectivity index (χ1v) is 5.88. The Kier molecular flexibility index (Phi) is 5.19. The molecule has 1 rings (SSSR count). The molecule has 1 aromatic carbocycles. The third-order valence-electron chi connectivity index (χ3n) is 2.39. The summed E-state index contributed by atoms with van der Waals surface area (Å²) in [6.07, 6.45) is 0. The van der Waals surface area contributed by atoms with Gasteiger partial charge in [-0.05, 0) is 19.4 Å². The number of hydrogen-bond donors (Lipinski definition) is 1. The van der Waals surface area contributed by atoms with Gasteiger partial charge in [-0.3, -0.25) is 4.31 Å². The second-order valence-electron chi connectivity index (χ2n) is 3.50. The summed E-state index contributed by atoms with van der Waals surface area (Å²) in [6.45, 7) is 5.80. The van der Waals surface area contributed by atoms with Crippen LogP contribution in [0.4, 0.5) is 4.79 Å². The maximum atomic E-state index is 11.9. The number of thiol groups is 1. The van der Waals surface area contributed by atoms with Crippen molar-refractivity contribution in [3.63, 3.8) is 0 Å². The van der Waals surface area contributed by atoms with Crippen molar-refractivity contribution in [2.24, 2.45) is 0 Å². The van der Waals surface area contributed by atoms with E-state index in [4.69, 9.17) is 0 Å². The van der Waals surface area contributed by atoms with E-state index in [9.17, 15) is 4.79 Å². The van der Waals surface area contributed by atoms with Gasteiger partial charge in [0.1, 0.15) is 0 Å². The summed E-state index contributed by atoms with van der Waals surface area (Å²) < 4.78 is 1.42. The molecule has 1 aromatic rings. The number of urea groups is 1. The zero-order valence-corrected chi connectivity index (χ0v) is 10.7. The number of carbonyl (C=O) groups excluding carboxylic acids is 1. The minimum Gasteiger partial charge on any atom is -0.320 e. The molecule has 0 fully saturated rings. The normalized spacial score (nSPS) is 9.94. The molecule has 0 aliphatic carbocycles. The molecule has 0 heterocycles. The average molecular weight is 238 g/mol. The van der Waals surface area contributed by atoms with Gasteiger partial charge in [0.15, 0.2) is 0 Å². The topological polar surface area (TPSA) is 23.6 Å². The number of hydrogen-bond acceptors (Lipinski definition) is 2. The summed E-state index contributed by atoms with van der Waals surface area (Å²) in [5.41, 5.74) is 1.13. The number of benzene rings is 1. The monoisotopic (exact) mass is 238 g/mol. The van der Waals surface area contributed by atoms with Crippen molar-refractivity contribution < 1.29 is 4.79 Å². The van der Waals surface area contributed by atoms with Gasteiger partial charge in [0, 0.05) is 19.6 Å². The van der Waals surface area contributed by atoms with E-state index in [0.29, 0.717) is 19.6 Å². The Bertz CT molecular complexity index is 329. The van der Waals surface area contributed by atoms with Crippen LogP contribution >= 0.6 is 12.8 Å². The van der Waals surface area contributed by atoms with Crippen molar-refractivity contribution in [2.45, 2.75) is 20.4 Å². The molecule has 0 bridgehead atoms. The maximum Gasteiger partial charge on any atom is 0.330 e. The molecule has 16 heavy (non-hydrogen) atoms. The van der Waals surface area contributed by atoms with Gasteiger partial charge in [0.2, 0.25) is 0 Å². The molecular weight excluding hydrogens is 220 g/mol. The first-order chi connectivity index (χ1) is 7.69. The molecule has 0 saturated carbocycles. The SMILES string of the molecule is CCN(S)C(=O)N(CC)Cc1ccccc1. The van der Waals surface area contributed by atoms with Gasteiger partial charge in [-0.1, -0.05) is 43.1 Å².